The molecular weight excluding hydrogens is 508 g/mol. The van der Waals surface area contributed by atoms with Crippen LogP contribution in [0.1, 0.15) is 31.0 Å². The normalized spacial score (nSPS) is 12.1. The Hall–Kier alpha value is -3.35. The predicted molar refractivity (Wildman–Crippen MR) is 148 cm³/mol. The topological polar surface area (TPSA) is 80.2 Å². The lowest BCUT2D eigenvalue weighted by molar-refractivity contribution is 0.585. The Bertz CT molecular complexity index is 1520. The lowest BCUT2D eigenvalue weighted by Gasteiger charge is -2.25. The SMILES string of the molecule is CC(C)c1nc(N(C)S(C)(=O)=O)nc(-c2cccc(F)c2)c1CP(=O)(c1ccccc1)c1ccccc1. The molecule has 0 bridgehead atoms. The molecule has 6 nitrogen and oxygen atoms in total. The number of rotatable bonds is 8. The molecule has 0 aliphatic carbocycles. The summed E-state index contributed by atoms with van der Waals surface area (Å²) in [5, 5.41) is 1.36. The Morgan fingerprint density at radius 2 is 1.46 bits per heavy atom. The molecule has 9 heteroatoms. The second kappa shape index (κ2) is 10.6. The van der Waals surface area contributed by atoms with Gasteiger partial charge in [-0.05, 0) is 18.1 Å². The molecule has 4 rings (SSSR count). The summed E-state index contributed by atoms with van der Waals surface area (Å²) in [7, 11) is -5.53. The molecule has 0 atom stereocenters. The number of hydrogen-bond acceptors (Lipinski definition) is 5. The average Bonchev–Trinajstić information content (AvgIpc) is 2.88. The largest absolute Gasteiger partial charge is 0.313 e. The summed E-state index contributed by atoms with van der Waals surface area (Å²) in [6.07, 6.45) is 1.16. The molecule has 0 saturated heterocycles. The van der Waals surface area contributed by atoms with Crippen LogP contribution in [0, 0.1) is 5.82 Å². The first-order valence-electron chi connectivity index (χ1n) is 11.8. The number of aromatic nitrogens is 2. The molecule has 192 valence electrons. The fourth-order valence-corrected chi connectivity index (χ4v) is 7.28. The maximum absolute atomic E-state index is 15.0. The average molecular weight is 538 g/mol. The molecule has 0 aliphatic heterocycles. The summed E-state index contributed by atoms with van der Waals surface area (Å²) < 4.78 is 55.0. The van der Waals surface area contributed by atoms with Crippen molar-refractivity contribution in [1.82, 2.24) is 9.97 Å². The summed E-state index contributed by atoms with van der Waals surface area (Å²) in [4.78, 5) is 9.25. The minimum atomic E-state index is -3.66. The first-order valence-corrected chi connectivity index (χ1v) is 15.6. The molecule has 0 fully saturated rings. The highest BCUT2D eigenvalue weighted by Gasteiger charge is 2.32. The maximum atomic E-state index is 15.0. The first kappa shape index (κ1) is 26.7. The van der Waals surface area contributed by atoms with Crippen LogP contribution in [-0.2, 0) is 20.8 Å². The number of benzene rings is 3. The van der Waals surface area contributed by atoms with Crippen molar-refractivity contribution >= 4 is 33.7 Å². The molecule has 37 heavy (non-hydrogen) atoms. The van der Waals surface area contributed by atoms with E-state index in [1.54, 1.807) is 12.1 Å². The lowest BCUT2D eigenvalue weighted by Crippen LogP contribution is -2.28. The zero-order chi connectivity index (χ0) is 26.8. The molecule has 0 amide bonds. The Morgan fingerprint density at radius 1 is 0.892 bits per heavy atom. The molecule has 0 N–H and O–H groups in total. The summed E-state index contributed by atoms with van der Waals surface area (Å²) >= 11 is 0. The van der Waals surface area contributed by atoms with Gasteiger partial charge in [-0.25, -0.2) is 27.1 Å². The van der Waals surface area contributed by atoms with E-state index in [0.29, 0.717) is 33.1 Å². The Morgan fingerprint density at radius 3 is 1.95 bits per heavy atom. The van der Waals surface area contributed by atoms with Gasteiger partial charge in [0, 0.05) is 34.9 Å². The molecule has 0 spiro atoms. The van der Waals surface area contributed by atoms with Gasteiger partial charge in [0.25, 0.3) is 0 Å². The van der Waals surface area contributed by atoms with Crippen molar-refractivity contribution in [2.45, 2.75) is 25.9 Å². The van der Waals surface area contributed by atoms with Gasteiger partial charge in [-0.2, -0.15) is 0 Å². The number of hydrogen-bond donors (Lipinski definition) is 0. The number of sulfonamides is 1. The maximum Gasteiger partial charge on any atom is 0.239 e. The van der Waals surface area contributed by atoms with Gasteiger partial charge in [-0.15, -0.1) is 0 Å². The molecule has 0 aliphatic rings. The fourth-order valence-electron chi connectivity index (χ4n) is 4.18. The minimum Gasteiger partial charge on any atom is -0.313 e. The van der Waals surface area contributed by atoms with Gasteiger partial charge in [-0.1, -0.05) is 86.6 Å². The number of nitrogens with zero attached hydrogens (tertiary/aromatic N) is 3. The van der Waals surface area contributed by atoms with E-state index in [1.807, 2.05) is 74.5 Å². The number of halogens is 1. The van der Waals surface area contributed by atoms with Gasteiger partial charge >= 0.3 is 0 Å². The molecule has 4 aromatic rings. The number of anilines is 1. The van der Waals surface area contributed by atoms with E-state index in [4.69, 9.17) is 0 Å². The monoisotopic (exact) mass is 537 g/mol. The summed E-state index contributed by atoms with van der Waals surface area (Å²) in [5.74, 6) is -0.638. The highest BCUT2D eigenvalue weighted by Crippen LogP contribution is 2.49. The molecule has 0 saturated carbocycles. The van der Waals surface area contributed by atoms with E-state index in [0.717, 1.165) is 10.6 Å². The van der Waals surface area contributed by atoms with E-state index < -0.39 is 23.0 Å². The van der Waals surface area contributed by atoms with Crippen molar-refractivity contribution in [2.75, 3.05) is 17.6 Å². The fraction of sp³-hybridized carbons (Fsp3) is 0.214. The molecule has 3 aromatic carbocycles. The van der Waals surface area contributed by atoms with Gasteiger partial charge in [-0.3, -0.25) is 0 Å². The molecule has 0 radical (unpaired) electrons. The quantitative estimate of drug-likeness (QED) is 0.285. The second-order valence-electron chi connectivity index (χ2n) is 9.20. The minimum absolute atomic E-state index is 0.0246. The van der Waals surface area contributed by atoms with Gasteiger partial charge in [0.2, 0.25) is 16.0 Å². The van der Waals surface area contributed by atoms with E-state index in [-0.39, 0.29) is 18.0 Å². The zero-order valence-electron chi connectivity index (χ0n) is 21.2. The summed E-state index contributed by atoms with van der Waals surface area (Å²) in [6, 6.07) is 24.5. The van der Waals surface area contributed by atoms with Crippen molar-refractivity contribution in [1.29, 1.82) is 0 Å². The highest BCUT2D eigenvalue weighted by atomic mass is 32.2. The zero-order valence-corrected chi connectivity index (χ0v) is 22.9. The van der Waals surface area contributed by atoms with Crippen molar-refractivity contribution in [3.63, 3.8) is 0 Å². The summed E-state index contributed by atoms with van der Waals surface area (Å²) in [5.41, 5.74) is 1.97. The van der Waals surface area contributed by atoms with Crippen molar-refractivity contribution in [2.24, 2.45) is 0 Å². The van der Waals surface area contributed by atoms with Gasteiger partial charge in [0.15, 0.2) is 0 Å². The van der Waals surface area contributed by atoms with Crippen molar-refractivity contribution < 1.29 is 17.4 Å². The van der Waals surface area contributed by atoms with Gasteiger partial charge in [0.1, 0.15) is 13.0 Å². The third-order valence-corrected chi connectivity index (χ3v) is 10.4. The molecule has 1 aromatic heterocycles. The van der Waals surface area contributed by atoms with Gasteiger partial charge in [0.05, 0.1) is 17.6 Å². The molecular formula is C28H29FN3O3PS. The van der Waals surface area contributed by atoms with Crippen LogP contribution >= 0.6 is 7.14 Å². The van der Waals surface area contributed by atoms with Crippen LogP contribution in [0.15, 0.2) is 84.9 Å². The molecule has 0 unspecified atom stereocenters. The third kappa shape index (κ3) is 5.65. The first-order chi connectivity index (χ1) is 17.5. The van der Waals surface area contributed by atoms with Crippen molar-refractivity contribution in [3.05, 3.63) is 102 Å². The second-order valence-corrected chi connectivity index (χ2v) is 14.0. The molecule has 1 heterocycles. The van der Waals surface area contributed by atoms with Crippen LogP contribution in [0.2, 0.25) is 0 Å². The van der Waals surface area contributed by atoms with Crippen LogP contribution in [0.4, 0.5) is 10.3 Å². The van der Waals surface area contributed by atoms with E-state index >= 15 is 0 Å². The Balaban J connectivity index is 2.04. The van der Waals surface area contributed by atoms with E-state index in [1.165, 1.54) is 19.2 Å². The highest BCUT2D eigenvalue weighted by molar-refractivity contribution is 7.92. The third-order valence-electron chi connectivity index (χ3n) is 6.18. The Kier molecular flexibility index (Phi) is 7.62. The van der Waals surface area contributed by atoms with Gasteiger partial charge < -0.3 is 4.57 Å². The van der Waals surface area contributed by atoms with E-state index in [9.17, 15) is 17.4 Å². The van der Waals surface area contributed by atoms with Crippen LogP contribution in [-0.4, -0.2) is 31.7 Å². The van der Waals surface area contributed by atoms with Crippen LogP contribution in [0.5, 0.6) is 0 Å². The Labute approximate surface area is 217 Å². The summed E-state index contributed by atoms with van der Waals surface area (Å²) in [6.45, 7) is 3.86. The predicted octanol–water partition coefficient (Wildman–Crippen LogP) is 5.32. The smallest absolute Gasteiger partial charge is 0.239 e. The van der Waals surface area contributed by atoms with E-state index in [2.05, 4.69) is 9.97 Å². The lowest BCUT2D eigenvalue weighted by atomic mass is 9.99. The van der Waals surface area contributed by atoms with Crippen LogP contribution in [0.25, 0.3) is 11.3 Å². The van der Waals surface area contributed by atoms with Crippen LogP contribution < -0.4 is 14.9 Å². The van der Waals surface area contributed by atoms with Crippen LogP contribution in [0.3, 0.4) is 0 Å². The standard InChI is InChI=1S/C28H29FN3O3PS/c1-20(2)26-25(19-36(33,23-14-7-5-8-15-23)24-16-9-6-10-17-24)27(21-12-11-13-22(29)18-21)31-28(30-26)32(3)37(4,34)35/h5-18,20H,19H2,1-4H3. The van der Waals surface area contributed by atoms with Crippen molar-refractivity contribution in [3.8, 4) is 11.3 Å².